The average molecular weight is 1270 g/mol. The number of hydrogen-bond donors (Lipinski definition) is 3. The fraction of sp³-hybridized carbons (Fsp3) is 0.904. The average Bonchev–Trinajstić information content (AvgIpc) is 2.76. The molecule has 17 heteroatoms. The van der Waals surface area contributed by atoms with Crippen molar-refractivity contribution in [2.75, 3.05) is 122 Å². The number of ether oxygens (including phenoxy) is 4. The molecular weight excluding hydrogens is 1130 g/mol. The Hall–Kier alpha value is -3.83. The van der Waals surface area contributed by atoms with Gasteiger partial charge in [0.2, 0.25) is 17.8 Å². The summed E-state index contributed by atoms with van der Waals surface area (Å²) in [7, 11) is 4.05. The fourth-order valence-corrected chi connectivity index (χ4v) is 11.1. The quantitative estimate of drug-likeness (QED) is 0.0317. The van der Waals surface area contributed by atoms with Crippen LogP contribution in [0.1, 0.15) is 323 Å². The van der Waals surface area contributed by atoms with E-state index in [1.165, 1.54) is 205 Å². The topological polar surface area (TPSA) is 190 Å². The summed E-state index contributed by atoms with van der Waals surface area (Å²) in [5, 5.41) is 10.2. The molecule has 1 heterocycles. The van der Waals surface area contributed by atoms with E-state index in [2.05, 4.69) is 58.3 Å². The van der Waals surface area contributed by atoms with Gasteiger partial charge >= 0.3 is 23.9 Å². The maximum absolute atomic E-state index is 13.0. The third kappa shape index (κ3) is 58.0. The second kappa shape index (κ2) is 65.2. The van der Waals surface area contributed by atoms with E-state index in [-0.39, 0.29) is 49.6 Å². The Kier molecular flexibility index (Phi) is 61.0. The van der Waals surface area contributed by atoms with Crippen LogP contribution in [-0.2, 0) is 38.1 Å². The van der Waals surface area contributed by atoms with Crippen LogP contribution < -0.4 is 16.0 Å². The van der Waals surface area contributed by atoms with Gasteiger partial charge in [0.05, 0.1) is 52.1 Å². The van der Waals surface area contributed by atoms with Gasteiger partial charge in [-0.05, 0) is 65.7 Å². The maximum Gasteiger partial charge on any atom is 0.307 e. The van der Waals surface area contributed by atoms with Crippen LogP contribution in [0.4, 0.5) is 17.8 Å². The summed E-state index contributed by atoms with van der Waals surface area (Å²) in [5.74, 6) is 0.533. The molecule has 0 radical (unpaired) electrons. The maximum atomic E-state index is 13.0. The van der Waals surface area contributed by atoms with Crippen molar-refractivity contribution in [3.63, 3.8) is 0 Å². The van der Waals surface area contributed by atoms with E-state index >= 15 is 0 Å². The van der Waals surface area contributed by atoms with Crippen molar-refractivity contribution >= 4 is 41.7 Å². The minimum Gasteiger partial charge on any atom is -0.466 e. The number of anilines is 3. The molecule has 1 rings (SSSR count). The fourth-order valence-electron chi connectivity index (χ4n) is 11.1. The van der Waals surface area contributed by atoms with Crippen LogP contribution in [0.15, 0.2) is 0 Å². The number of nitrogens with zero attached hydrogens (tertiary/aromatic N) is 6. The van der Waals surface area contributed by atoms with Gasteiger partial charge in [-0.1, -0.05) is 259 Å². The summed E-state index contributed by atoms with van der Waals surface area (Å²) in [6.45, 7) is 16.6. The van der Waals surface area contributed by atoms with Crippen LogP contribution in [-0.4, -0.2) is 159 Å². The van der Waals surface area contributed by atoms with Crippen molar-refractivity contribution in [3.05, 3.63) is 0 Å². The molecule has 0 aliphatic heterocycles. The summed E-state index contributed by atoms with van der Waals surface area (Å²) in [4.78, 5) is 72.4. The monoisotopic (exact) mass is 1270 g/mol. The van der Waals surface area contributed by atoms with Crippen LogP contribution in [0.3, 0.4) is 0 Å². The minimum atomic E-state index is -0.200. The molecule has 0 saturated carbocycles. The number of unbranched alkanes of at least 4 members (excludes halogenated alkanes) is 36. The SMILES string of the molecule is CCCCCCCCCCCCOC(=O)CCN(CCCNc1nc(NCCCN(CCC(=O)OCCCCCCCCCCCC)CCC(=O)OCCCCCCCCCCCC)nc(NCCN(C)C)n1)CCC(=O)OCCCCCCCCCCCC. The van der Waals surface area contributed by atoms with Crippen molar-refractivity contribution in [2.45, 2.75) is 323 Å². The van der Waals surface area contributed by atoms with Crippen LogP contribution in [0.25, 0.3) is 0 Å². The van der Waals surface area contributed by atoms with Gasteiger partial charge in [-0.2, -0.15) is 15.0 Å². The normalized spacial score (nSPS) is 11.5. The zero-order chi connectivity index (χ0) is 65.3. The molecule has 526 valence electrons. The molecule has 0 atom stereocenters. The van der Waals surface area contributed by atoms with Crippen molar-refractivity contribution in [1.29, 1.82) is 0 Å². The van der Waals surface area contributed by atoms with Crippen LogP contribution >= 0.6 is 0 Å². The Balaban J connectivity index is 2.89. The van der Waals surface area contributed by atoms with Gasteiger partial charge in [-0.15, -0.1) is 0 Å². The Labute approximate surface area is 552 Å². The molecule has 0 fully saturated rings. The third-order valence-corrected chi connectivity index (χ3v) is 16.9. The van der Waals surface area contributed by atoms with E-state index in [9.17, 15) is 19.2 Å². The summed E-state index contributed by atoms with van der Waals surface area (Å²) in [6.07, 6.45) is 51.6. The van der Waals surface area contributed by atoms with E-state index in [1.54, 1.807) is 0 Å². The lowest BCUT2D eigenvalue weighted by molar-refractivity contribution is -0.146. The van der Waals surface area contributed by atoms with Crippen LogP contribution in [0.2, 0.25) is 0 Å². The molecule has 0 saturated heterocycles. The van der Waals surface area contributed by atoms with Crippen LogP contribution in [0, 0.1) is 0 Å². The van der Waals surface area contributed by atoms with Gasteiger partial charge in [0.25, 0.3) is 0 Å². The predicted molar refractivity (Wildman–Crippen MR) is 376 cm³/mol. The molecule has 3 N–H and O–H groups in total. The van der Waals surface area contributed by atoms with E-state index in [0.29, 0.717) is 116 Å². The van der Waals surface area contributed by atoms with E-state index in [1.807, 2.05) is 14.1 Å². The van der Waals surface area contributed by atoms with E-state index in [0.717, 1.165) is 57.9 Å². The van der Waals surface area contributed by atoms with Gasteiger partial charge in [-0.25, -0.2) is 0 Å². The van der Waals surface area contributed by atoms with Crippen molar-refractivity contribution in [3.8, 4) is 0 Å². The lowest BCUT2D eigenvalue weighted by atomic mass is 10.1. The molecule has 0 aliphatic rings. The summed E-state index contributed by atoms with van der Waals surface area (Å²) < 4.78 is 22.7. The number of carbonyl (C=O) groups excluding carboxylic acids is 4. The molecule has 0 aliphatic carbocycles. The molecule has 90 heavy (non-hydrogen) atoms. The molecule has 17 nitrogen and oxygen atoms in total. The molecule has 0 aromatic carbocycles. The van der Waals surface area contributed by atoms with Gasteiger partial charge in [0.1, 0.15) is 0 Å². The van der Waals surface area contributed by atoms with E-state index < -0.39 is 0 Å². The summed E-state index contributed by atoms with van der Waals surface area (Å²) >= 11 is 0. The Bertz CT molecular complexity index is 1580. The molecule has 0 unspecified atom stereocenters. The first-order valence-electron chi connectivity index (χ1n) is 37.8. The largest absolute Gasteiger partial charge is 0.466 e. The molecular formula is C73H141N9O8. The Morgan fingerprint density at radius 3 is 0.711 bits per heavy atom. The van der Waals surface area contributed by atoms with Gasteiger partial charge in [0, 0.05) is 52.4 Å². The van der Waals surface area contributed by atoms with Crippen LogP contribution in [0.5, 0.6) is 0 Å². The van der Waals surface area contributed by atoms with Crippen molar-refractivity contribution in [2.24, 2.45) is 0 Å². The third-order valence-electron chi connectivity index (χ3n) is 16.9. The highest BCUT2D eigenvalue weighted by Crippen LogP contribution is 2.16. The number of aromatic nitrogens is 3. The minimum absolute atomic E-state index is 0.200. The highest BCUT2D eigenvalue weighted by atomic mass is 16.5. The first-order chi connectivity index (χ1) is 44.1. The lowest BCUT2D eigenvalue weighted by Crippen LogP contribution is -2.32. The highest BCUT2D eigenvalue weighted by Gasteiger charge is 2.16. The summed E-state index contributed by atoms with van der Waals surface area (Å²) in [5.41, 5.74) is 0. The summed E-state index contributed by atoms with van der Waals surface area (Å²) in [6, 6.07) is 0. The van der Waals surface area contributed by atoms with Crippen molar-refractivity contribution < 1.29 is 38.1 Å². The smallest absolute Gasteiger partial charge is 0.307 e. The lowest BCUT2D eigenvalue weighted by Gasteiger charge is -2.22. The van der Waals surface area contributed by atoms with E-state index in [4.69, 9.17) is 33.9 Å². The standard InChI is InChI=1S/C73H141N9O8/c1-7-11-15-19-23-27-31-35-39-43-63-87-67(83)49-58-81(59-50-68(84)88-64-44-40-36-32-28-24-20-16-12-8-2)56-47-53-74-71-77-72(79-73(78-71)76-55-62-80(5)6)75-54-48-57-82(60-51-69(85)89-65-45-41-37-33-29-25-21-17-13-9-3)61-52-70(86)90-66-46-42-38-34-30-26-22-18-14-10-4/h7-66H2,1-6H3,(H3,74,75,76,77,78,79). The second-order valence-electron chi connectivity index (χ2n) is 25.9. The highest BCUT2D eigenvalue weighted by molar-refractivity contribution is 5.71. The number of nitrogens with one attached hydrogen (secondary N) is 3. The number of esters is 4. The Morgan fingerprint density at radius 1 is 0.278 bits per heavy atom. The Morgan fingerprint density at radius 2 is 0.489 bits per heavy atom. The number of rotatable bonds is 70. The number of carbonyl (C=O) groups is 4. The first-order valence-corrected chi connectivity index (χ1v) is 37.8. The van der Waals surface area contributed by atoms with Gasteiger partial charge < -0.3 is 49.6 Å². The molecule has 1 aromatic rings. The predicted octanol–water partition coefficient (Wildman–Crippen LogP) is 17.5. The number of hydrogen-bond acceptors (Lipinski definition) is 17. The van der Waals surface area contributed by atoms with Gasteiger partial charge in [0.15, 0.2) is 0 Å². The molecule has 1 aromatic heterocycles. The molecule has 0 bridgehead atoms. The van der Waals surface area contributed by atoms with Gasteiger partial charge in [-0.3, -0.25) is 19.2 Å². The zero-order valence-corrected chi connectivity index (χ0v) is 59.4. The second-order valence-corrected chi connectivity index (χ2v) is 25.9. The first kappa shape index (κ1) is 84.2. The van der Waals surface area contributed by atoms with Crippen molar-refractivity contribution in [1.82, 2.24) is 29.7 Å². The number of likely N-dealkylation sites (N-methyl/N-ethyl adjacent to an activating group) is 1. The molecule has 0 amide bonds. The zero-order valence-electron chi connectivity index (χ0n) is 59.4. The molecule has 0 spiro atoms.